The maximum Gasteiger partial charge on any atom is 0.326 e. The zero-order chi connectivity index (χ0) is 14.4. The van der Waals surface area contributed by atoms with Gasteiger partial charge in [-0.05, 0) is 25.3 Å². The van der Waals surface area contributed by atoms with Crippen molar-refractivity contribution in [2.45, 2.75) is 30.3 Å². The quantitative estimate of drug-likeness (QED) is 0.782. The van der Waals surface area contributed by atoms with E-state index in [4.69, 9.17) is 9.47 Å². The Labute approximate surface area is 121 Å². The van der Waals surface area contributed by atoms with Gasteiger partial charge in [0, 0.05) is 29.3 Å². The van der Waals surface area contributed by atoms with Crippen LogP contribution in [-0.2, 0) is 25.1 Å². The van der Waals surface area contributed by atoms with E-state index in [0.29, 0.717) is 19.8 Å². The number of benzene rings is 1. The summed E-state index contributed by atoms with van der Waals surface area (Å²) >= 11 is 0. The van der Waals surface area contributed by atoms with Gasteiger partial charge in [-0.2, -0.15) is 0 Å². The van der Waals surface area contributed by atoms with Crippen LogP contribution in [0.2, 0.25) is 0 Å². The van der Waals surface area contributed by atoms with Crippen molar-refractivity contribution in [2.24, 2.45) is 0 Å². The van der Waals surface area contributed by atoms with Crippen LogP contribution in [0.1, 0.15) is 30.6 Å². The van der Waals surface area contributed by atoms with Crippen LogP contribution >= 0.6 is 0 Å². The molecule has 0 amide bonds. The molecule has 0 bridgehead atoms. The van der Waals surface area contributed by atoms with Gasteiger partial charge < -0.3 is 9.47 Å². The van der Waals surface area contributed by atoms with E-state index in [0.717, 1.165) is 18.4 Å². The highest BCUT2D eigenvalue weighted by Crippen LogP contribution is 2.28. The second-order valence-corrected chi connectivity index (χ2v) is 6.48. The van der Waals surface area contributed by atoms with Crippen molar-refractivity contribution < 1.29 is 18.5 Å². The van der Waals surface area contributed by atoms with Crippen molar-refractivity contribution >= 4 is 16.8 Å². The Morgan fingerprint density at radius 2 is 2.00 bits per heavy atom. The molecule has 1 heterocycles. The second-order valence-electron chi connectivity index (χ2n) is 4.68. The van der Waals surface area contributed by atoms with Gasteiger partial charge in [0.15, 0.2) is 5.25 Å². The van der Waals surface area contributed by atoms with Gasteiger partial charge in [-0.1, -0.05) is 30.3 Å². The minimum Gasteiger partial charge on any atom is -0.465 e. The second kappa shape index (κ2) is 7.55. The molecule has 1 aromatic carbocycles. The largest absolute Gasteiger partial charge is 0.465 e. The number of rotatable bonds is 5. The van der Waals surface area contributed by atoms with Gasteiger partial charge in [0.05, 0.1) is 6.61 Å². The summed E-state index contributed by atoms with van der Waals surface area (Å²) in [5, 5.41) is -0.697. The number of hydrogen-bond acceptors (Lipinski definition) is 4. The summed E-state index contributed by atoms with van der Waals surface area (Å²) in [6, 6.07) is 9.24. The highest BCUT2D eigenvalue weighted by Gasteiger charge is 2.34. The van der Waals surface area contributed by atoms with E-state index in [2.05, 4.69) is 0 Å². The molecule has 2 unspecified atom stereocenters. The Morgan fingerprint density at radius 1 is 1.35 bits per heavy atom. The first-order valence-electron chi connectivity index (χ1n) is 6.92. The molecule has 4 nitrogen and oxygen atoms in total. The fraction of sp³-hybridized carbons (Fsp3) is 0.533. The molecule has 20 heavy (non-hydrogen) atoms. The van der Waals surface area contributed by atoms with E-state index in [1.807, 2.05) is 30.3 Å². The third-order valence-corrected chi connectivity index (χ3v) is 5.39. The molecule has 0 radical (unpaired) electrons. The van der Waals surface area contributed by atoms with Gasteiger partial charge in [0.2, 0.25) is 0 Å². The van der Waals surface area contributed by atoms with Crippen molar-refractivity contribution in [3.63, 3.8) is 0 Å². The van der Waals surface area contributed by atoms with E-state index in [1.165, 1.54) is 0 Å². The topological polar surface area (TPSA) is 52.6 Å². The van der Waals surface area contributed by atoms with Gasteiger partial charge in [-0.3, -0.25) is 9.00 Å². The van der Waals surface area contributed by atoms with Gasteiger partial charge in [-0.25, -0.2) is 0 Å². The Hall–Kier alpha value is -1.20. The fourth-order valence-electron chi connectivity index (χ4n) is 2.31. The SMILES string of the molecule is CCOC(=O)C(c1ccccc1)S(=O)C1CCOCC1. The predicted octanol–water partition coefficient (Wildman–Crippen LogP) is 2.22. The Kier molecular flexibility index (Phi) is 5.73. The minimum atomic E-state index is -1.28. The van der Waals surface area contributed by atoms with Crippen molar-refractivity contribution in [3.8, 4) is 0 Å². The summed E-state index contributed by atoms with van der Waals surface area (Å²) in [7, 11) is -1.28. The van der Waals surface area contributed by atoms with Crippen molar-refractivity contribution in [1.29, 1.82) is 0 Å². The lowest BCUT2D eigenvalue weighted by molar-refractivity contribution is -0.142. The van der Waals surface area contributed by atoms with Gasteiger partial charge in [-0.15, -0.1) is 0 Å². The van der Waals surface area contributed by atoms with E-state index in [-0.39, 0.29) is 5.25 Å². The average Bonchev–Trinajstić information content (AvgIpc) is 2.50. The first kappa shape index (κ1) is 15.2. The first-order valence-corrected chi connectivity index (χ1v) is 8.20. The molecule has 2 atom stereocenters. The maximum absolute atomic E-state index is 12.8. The van der Waals surface area contributed by atoms with E-state index in [1.54, 1.807) is 6.92 Å². The summed E-state index contributed by atoms with van der Waals surface area (Å²) < 4.78 is 23.2. The lowest BCUT2D eigenvalue weighted by Gasteiger charge is -2.25. The zero-order valence-corrected chi connectivity index (χ0v) is 12.4. The molecule has 0 aromatic heterocycles. The number of carbonyl (C=O) groups is 1. The summed E-state index contributed by atoms with van der Waals surface area (Å²) in [5.74, 6) is -0.400. The number of esters is 1. The van der Waals surface area contributed by atoms with Crippen LogP contribution in [-0.4, -0.2) is 35.2 Å². The molecule has 2 rings (SSSR count). The van der Waals surface area contributed by atoms with Gasteiger partial charge >= 0.3 is 5.97 Å². The molecule has 0 spiro atoms. The molecule has 0 aliphatic carbocycles. The fourth-order valence-corrected chi connectivity index (χ4v) is 4.04. The van der Waals surface area contributed by atoms with Crippen LogP contribution in [0.25, 0.3) is 0 Å². The normalized spacial score (nSPS) is 19.2. The van der Waals surface area contributed by atoms with Crippen LogP contribution in [0, 0.1) is 0 Å². The van der Waals surface area contributed by atoms with E-state index in [9.17, 15) is 9.00 Å². The molecular formula is C15H20O4S. The molecule has 1 saturated heterocycles. The van der Waals surface area contributed by atoms with Crippen LogP contribution < -0.4 is 0 Å². The van der Waals surface area contributed by atoms with Crippen molar-refractivity contribution in [1.82, 2.24) is 0 Å². The number of ether oxygens (including phenoxy) is 2. The van der Waals surface area contributed by atoms with Gasteiger partial charge in [0.25, 0.3) is 0 Å². The molecule has 1 aliphatic heterocycles. The number of carbonyl (C=O) groups excluding carboxylic acids is 1. The lowest BCUT2D eigenvalue weighted by Crippen LogP contribution is -2.32. The summed E-state index contributed by atoms with van der Waals surface area (Å²) in [5.41, 5.74) is 0.760. The average molecular weight is 296 g/mol. The van der Waals surface area contributed by atoms with Gasteiger partial charge in [0.1, 0.15) is 0 Å². The number of hydrogen-bond donors (Lipinski definition) is 0. The smallest absolute Gasteiger partial charge is 0.326 e. The monoisotopic (exact) mass is 296 g/mol. The molecule has 0 N–H and O–H groups in total. The third-order valence-electron chi connectivity index (χ3n) is 3.33. The molecule has 1 aliphatic rings. The van der Waals surface area contributed by atoms with Crippen molar-refractivity contribution in [2.75, 3.05) is 19.8 Å². The van der Waals surface area contributed by atoms with Crippen molar-refractivity contribution in [3.05, 3.63) is 35.9 Å². The zero-order valence-electron chi connectivity index (χ0n) is 11.6. The molecule has 5 heteroatoms. The maximum atomic E-state index is 12.8. The minimum absolute atomic E-state index is 0.00152. The molecule has 110 valence electrons. The Morgan fingerprint density at radius 3 is 2.60 bits per heavy atom. The molecule has 1 fully saturated rings. The highest BCUT2D eigenvalue weighted by atomic mass is 32.2. The van der Waals surface area contributed by atoms with E-state index < -0.39 is 22.0 Å². The standard InChI is InChI=1S/C15H20O4S/c1-2-19-15(16)14(12-6-4-3-5-7-12)20(17)13-8-10-18-11-9-13/h3-7,13-14H,2,8-11H2,1H3. The summed E-state index contributed by atoms with van der Waals surface area (Å²) in [6.07, 6.45) is 1.46. The van der Waals surface area contributed by atoms with Crippen LogP contribution in [0.4, 0.5) is 0 Å². The first-order chi connectivity index (χ1) is 9.74. The molecular weight excluding hydrogens is 276 g/mol. The molecule has 0 saturated carbocycles. The molecule has 1 aromatic rings. The summed E-state index contributed by atoms with van der Waals surface area (Å²) in [4.78, 5) is 12.2. The predicted molar refractivity (Wildman–Crippen MR) is 77.8 cm³/mol. The Bertz CT molecular complexity index is 454. The van der Waals surface area contributed by atoms with E-state index >= 15 is 0 Å². The van der Waals surface area contributed by atoms with Crippen LogP contribution in [0.3, 0.4) is 0 Å². The third kappa shape index (κ3) is 3.67. The van der Waals surface area contributed by atoms with Crippen LogP contribution in [0.5, 0.6) is 0 Å². The highest BCUT2D eigenvalue weighted by molar-refractivity contribution is 7.86. The van der Waals surface area contributed by atoms with Crippen LogP contribution in [0.15, 0.2) is 30.3 Å². The summed E-state index contributed by atoms with van der Waals surface area (Å²) in [6.45, 7) is 3.28. The Balaban J connectivity index is 2.21. The lowest BCUT2D eigenvalue weighted by atomic mass is 10.1.